The lowest BCUT2D eigenvalue weighted by Gasteiger charge is -2.16. The van der Waals surface area contributed by atoms with Crippen molar-refractivity contribution >= 4 is 12.2 Å². The number of nitrogens with one attached hydrogen (secondary N) is 1. The molecule has 1 aromatic carbocycles. The molecule has 110 valence electrons. The van der Waals surface area contributed by atoms with E-state index in [-0.39, 0.29) is 5.91 Å². The van der Waals surface area contributed by atoms with Gasteiger partial charge in [0, 0.05) is 0 Å². The van der Waals surface area contributed by atoms with E-state index in [2.05, 4.69) is 5.32 Å². The van der Waals surface area contributed by atoms with E-state index in [4.69, 9.17) is 11.5 Å². The van der Waals surface area contributed by atoms with Gasteiger partial charge in [-0.15, -0.1) is 0 Å². The Balaban J connectivity index is 2.41. The molecule has 0 fully saturated rings. The molecule has 1 unspecified atom stereocenters. The fraction of sp³-hybridized carbons (Fsp3) is 0.467. The van der Waals surface area contributed by atoms with Crippen LogP contribution < -0.4 is 16.8 Å². The minimum atomic E-state index is -0.644. The summed E-state index contributed by atoms with van der Waals surface area (Å²) in [5.74, 6) is -0.293. The highest BCUT2D eigenvalue weighted by molar-refractivity contribution is 5.84. The third-order valence-corrected chi connectivity index (χ3v) is 3.10. The molecule has 0 aliphatic heterocycles. The molecule has 0 heterocycles. The maximum absolute atomic E-state index is 11.9. The molecule has 0 bridgehead atoms. The Hall–Kier alpha value is -1.72. The summed E-state index contributed by atoms with van der Waals surface area (Å²) in [5, 5.41) is 2.67. The second-order valence-electron chi connectivity index (χ2n) is 4.83. The first-order valence-electron chi connectivity index (χ1n) is 6.92. The van der Waals surface area contributed by atoms with Crippen LogP contribution >= 0.6 is 0 Å². The molecule has 0 aliphatic rings. The smallest absolute Gasteiger partial charge is 0.237 e. The molecule has 0 aliphatic carbocycles. The first-order valence-corrected chi connectivity index (χ1v) is 6.92. The Bertz CT molecular complexity index is 409. The Kier molecular flexibility index (Phi) is 7.54. The van der Waals surface area contributed by atoms with Crippen LogP contribution in [-0.4, -0.2) is 30.8 Å². The largest absolute Gasteiger partial charge is 0.345 e. The topological polar surface area (TPSA) is 98.2 Å². The van der Waals surface area contributed by atoms with Crippen molar-refractivity contribution < 1.29 is 9.59 Å². The number of nitrogens with two attached hydrogens (primary N) is 2. The summed E-state index contributed by atoms with van der Waals surface area (Å²) in [4.78, 5) is 22.9. The monoisotopic (exact) mass is 277 g/mol. The van der Waals surface area contributed by atoms with Crippen LogP contribution in [0, 0.1) is 0 Å². The van der Waals surface area contributed by atoms with Crippen LogP contribution in [0.3, 0.4) is 0 Å². The van der Waals surface area contributed by atoms with Crippen molar-refractivity contribution in [2.45, 2.75) is 37.8 Å². The van der Waals surface area contributed by atoms with Gasteiger partial charge in [-0.2, -0.15) is 0 Å². The van der Waals surface area contributed by atoms with Crippen LogP contribution in [-0.2, 0) is 16.0 Å². The molecule has 1 rings (SSSR count). The molecule has 5 nitrogen and oxygen atoms in total. The highest BCUT2D eigenvalue weighted by Crippen LogP contribution is 2.03. The van der Waals surface area contributed by atoms with E-state index in [1.807, 2.05) is 30.3 Å². The van der Waals surface area contributed by atoms with Crippen molar-refractivity contribution in [3.63, 3.8) is 0 Å². The summed E-state index contributed by atoms with van der Waals surface area (Å²) in [6.45, 7) is 0.590. The minimum absolute atomic E-state index is 0.293. The average molecular weight is 277 g/mol. The second-order valence-corrected chi connectivity index (χ2v) is 4.83. The van der Waals surface area contributed by atoms with Crippen molar-refractivity contribution in [2.75, 3.05) is 6.54 Å². The number of carbonyl (C=O) groups excluding carboxylic acids is 2. The number of amides is 1. The zero-order valence-corrected chi connectivity index (χ0v) is 11.6. The highest BCUT2D eigenvalue weighted by atomic mass is 16.2. The SMILES string of the molecule is NCCCC[C@H](C=O)NC(=O)C(N)Cc1ccccc1. The summed E-state index contributed by atoms with van der Waals surface area (Å²) < 4.78 is 0. The summed E-state index contributed by atoms with van der Waals surface area (Å²) >= 11 is 0. The van der Waals surface area contributed by atoms with Crippen molar-refractivity contribution in [1.82, 2.24) is 5.32 Å². The zero-order chi connectivity index (χ0) is 14.8. The standard InChI is InChI=1S/C15H23N3O2/c16-9-5-4-8-13(11-19)18-15(20)14(17)10-12-6-2-1-3-7-12/h1-3,6-7,11,13-14H,4-5,8-10,16-17H2,(H,18,20)/t13-,14?/m1/s1. The number of hydrogen-bond donors (Lipinski definition) is 3. The van der Waals surface area contributed by atoms with E-state index in [1.54, 1.807) is 0 Å². The molecule has 0 radical (unpaired) electrons. The molecule has 1 aromatic rings. The van der Waals surface area contributed by atoms with Gasteiger partial charge in [0.2, 0.25) is 5.91 Å². The van der Waals surface area contributed by atoms with Gasteiger partial charge in [0.1, 0.15) is 6.29 Å². The van der Waals surface area contributed by atoms with E-state index in [0.717, 1.165) is 24.7 Å². The number of unbranched alkanes of at least 4 members (excludes halogenated alkanes) is 1. The van der Waals surface area contributed by atoms with Gasteiger partial charge in [0.05, 0.1) is 12.1 Å². The van der Waals surface area contributed by atoms with Gasteiger partial charge in [-0.05, 0) is 37.8 Å². The van der Waals surface area contributed by atoms with E-state index in [0.29, 0.717) is 19.4 Å². The lowest BCUT2D eigenvalue weighted by molar-refractivity contribution is -0.125. The number of benzene rings is 1. The Morgan fingerprint density at radius 2 is 1.95 bits per heavy atom. The molecule has 0 saturated heterocycles. The molecule has 0 saturated carbocycles. The molecule has 0 aromatic heterocycles. The van der Waals surface area contributed by atoms with Gasteiger partial charge in [-0.1, -0.05) is 30.3 Å². The molecule has 2 atom stereocenters. The molecule has 0 spiro atoms. The van der Waals surface area contributed by atoms with Gasteiger partial charge in [-0.3, -0.25) is 4.79 Å². The minimum Gasteiger partial charge on any atom is -0.345 e. The maximum atomic E-state index is 11.9. The summed E-state index contributed by atoms with van der Waals surface area (Å²) in [6, 6.07) is 8.44. The second kappa shape index (κ2) is 9.23. The number of rotatable bonds is 9. The fourth-order valence-electron chi connectivity index (χ4n) is 1.93. The summed E-state index contributed by atoms with van der Waals surface area (Å²) in [5.41, 5.74) is 12.3. The van der Waals surface area contributed by atoms with Crippen molar-refractivity contribution in [3.8, 4) is 0 Å². The maximum Gasteiger partial charge on any atom is 0.237 e. The Morgan fingerprint density at radius 3 is 2.55 bits per heavy atom. The van der Waals surface area contributed by atoms with Gasteiger partial charge in [-0.25, -0.2) is 0 Å². The molecule has 5 N–H and O–H groups in total. The third-order valence-electron chi connectivity index (χ3n) is 3.10. The van der Waals surface area contributed by atoms with Crippen molar-refractivity contribution in [3.05, 3.63) is 35.9 Å². The van der Waals surface area contributed by atoms with Crippen LogP contribution in [0.15, 0.2) is 30.3 Å². The average Bonchev–Trinajstić information content (AvgIpc) is 2.47. The predicted octanol–water partition coefficient (Wildman–Crippen LogP) is 0.369. The third kappa shape index (κ3) is 5.95. The molecular formula is C15H23N3O2. The number of aldehydes is 1. The quantitative estimate of drug-likeness (QED) is 0.448. The van der Waals surface area contributed by atoms with E-state index >= 15 is 0 Å². The zero-order valence-electron chi connectivity index (χ0n) is 11.6. The predicted molar refractivity (Wildman–Crippen MR) is 79.0 cm³/mol. The normalized spacial score (nSPS) is 13.5. The van der Waals surface area contributed by atoms with Crippen molar-refractivity contribution in [2.24, 2.45) is 11.5 Å². The lowest BCUT2D eigenvalue weighted by atomic mass is 10.1. The Morgan fingerprint density at radius 1 is 1.25 bits per heavy atom. The fourth-order valence-corrected chi connectivity index (χ4v) is 1.93. The molecule has 20 heavy (non-hydrogen) atoms. The van der Waals surface area contributed by atoms with Crippen molar-refractivity contribution in [1.29, 1.82) is 0 Å². The van der Waals surface area contributed by atoms with Crippen LogP contribution in [0.1, 0.15) is 24.8 Å². The summed E-state index contributed by atoms with van der Waals surface area (Å²) in [6.07, 6.45) is 3.47. The van der Waals surface area contributed by atoms with Gasteiger partial charge >= 0.3 is 0 Å². The van der Waals surface area contributed by atoms with Crippen LogP contribution in [0.5, 0.6) is 0 Å². The highest BCUT2D eigenvalue weighted by Gasteiger charge is 2.17. The molecular weight excluding hydrogens is 254 g/mol. The van der Waals surface area contributed by atoms with Crippen LogP contribution in [0.4, 0.5) is 0 Å². The van der Waals surface area contributed by atoms with E-state index in [1.165, 1.54) is 0 Å². The number of carbonyl (C=O) groups is 2. The summed E-state index contributed by atoms with van der Waals surface area (Å²) in [7, 11) is 0. The first-order chi connectivity index (χ1) is 9.67. The van der Waals surface area contributed by atoms with Gasteiger partial charge in [0.15, 0.2) is 0 Å². The van der Waals surface area contributed by atoms with Gasteiger partial charge < -0.3 is 21.6 Å². The molecule has 1 amide bonds. The van der Waals surface area contributed by atoms with Crippen LogP contribution in [0.2, 0.25) is 0 Å². The number of hydrogen-bond acceptors (Lipinski definition) is 4. The van der Waals surface area contributed by atoms with E-state index < -0.39 is 12.1 Å². The lowest BCUT2D eigenvalue weighted by Crippen LogP contribution is -2.47. The first kappa shape index (κ1) is 16.3. The Labute approximate surface area is 119 Å². The van der Waals surface area contributed by atoms with E-state index in [9.17, 15) is 9.59 Å². The van der Waals surface area contributed by atoms with Crippen LogP contribution in [0.25, 0.3) is 0 Å². The van der Waals surface area contributed by atoms with Gasteiger partial charge in [0.25, 0.3) is 0 Å². The molecule has 5 heteroatoms.